The summed E-state index contributed by atoms with van der Waals surface area (Å²) in [6, 6.07) is 6.44. The maximum atomic E-state index is 11.8. The van der Waals surface area contributed by atoms with Gasteiger partial charge in [-0.15, -0.1) is 0 Å². The van der Waals surface area contributed by atoms with Crippen molar-refractivity contribution in [2.45, 2.75) is 26.0 Å². The van der Waals surface area contributed by atoms with Crippen LogP contribution in [0.5, 0.6) is 11.5 Å². The molecule has 0 unspecified atom stereocenters. The number of ether oxygens (including phenoxy) is 2. The molecule has 120 valence electrons. The molecule has 0 saturated heterocycles. The predicted octanol–water partition coefficient (Wildman–Crippen LogP) is 0.650. The molecule has 0 aromatic heterocycles. The molecule has 3 N–H and O–H groups in total. The largest absolute Gasteiger partial charge is 0.486 e. The lowest BCUT2D eigenvalue weighted by molar-refractivity contribution is -0.121. The lowest BCUT2D eigenvalue weighted by atomic mass is 10.2. The van der Waals surface area contributed by atoms with E-state index in [1.807, 2.05) is 24.3 Å². The van der Waals surface area contributed by atoms with Crippen LogP contribution in [0.25, 0.3) is 0 Å². The number of rotatable bonds is 5. The van der Waals surface area contributed by atoms with E-state index < -0.39 is 12.1 Å². The fraction of sp³-hybridized carbons (Fsp3) is 0.467. The second kappa shape index (κ2) is 7.65. The molecule has 0 aliphatic carbocycles. The average Bonchev–Trinajstić information content (AvgIpc) is 2.52. The Morgan fingerprint density at radius 2 is 2.05 bits per heavy atom. The first-order chi connectivity index (χ1) is 10.6. The molecule has 0 radical (unpaired) electrons. The number of urea groups is 1. The van der Waals surface area contributed by atoms with Gasteiger partial charge in [-0.2, -0.15) is 0 Å². The predicted molar refractivity (Wildman–Crippen MR) is 81.0 cm³/mol. The van der Waals surface area contributed by atoms with Crippen molar-refractivity contribution in [2.24, 2.45) is 0 Å². The second-order valence-corrected chi connectivity index (χ2v) is 4.98. The summed E-state index contributed by atoms with van der Waals surface area (Å²) in [6.45, 7) is 4.79. The molecule has 7 nitrogen and oxygen atoms in total. The Balaban J connectivity index is 1.76. The summed E-state index contributed by atoms with van der Waals surface area (Å²) in [7, 11) is 0. The average molecular weight is 307 g/mol. The van der Waals surface area contributed by atoms with E-state index in [1.54, 1.807) is 13.8 Å². The molecule has 0 bridgehead atoms. The monoisotopic (exact) mass is 307 g/mol. The Labute approximate surface area is 129 Å². The number of carbonyl (C=O) groups excluding carboxylic acids is 2. The van der Waals surface area contributed by atoms with Gasteiger partial charge in [0.25, 0.3) is 0 Å². The summed E-state index contributed by atoms with van der Waals surface area (Å²) < 4.78 is 11.4. The highest BCUT2D eigenvalue weighted by atomic mass is 16.6. The van der Waals surface area contributed by atoms with Gasteiger partial charge in [0.1, 0.15) is 12.7 Å². The zero-order valence-corrected chi connectivity index (χ0v) is 12.7. The van der Waals surface area contributed by atoms with Gasteiger partial charge in [0.15, 0.2) is 11.5 Å². The van der Waals surface area contributed by atoms with Crippen LogP contribution in [0.4, 0.5) is 4.79 Å². The number of benzene rings is 1. The first-order valence-electron chi connectivity index (χ1n) is 7.30. The first kappa shape index (κ1) is 16.1. The SMILES string of the molecule is CCNC(=O)NC(=O)[C@H](C)NC[C@@H]1COc2ccccc2O1. The summed E-state index contributed by atoms with van der Waals surface area (Å²) >= 11 is 0. The molecular formula is C15H21N3O4. The molecule has 1 aliphatic heterocycles. The standard InChI is InChI=1S/C15H21N3O4/c1-3-16-15(20)18-14(19)10(2)17-8-11-9-21-12-6-4-5-7-13(12)22-11/h4-7,10-11,17H,3,8-9H2,1-2H3,(H2,16,18,19,20)/t10-,11+/m0/s1. The highest BCUT2D eigenvalue weighted by Gasteiger charge is 2.22. The molecule has 3 amide bonds. The van der Waals surface area contributed by atoms with Crippen LogP contribution in [-0.2, 0) is 4.79 Å². The van der Waals surface area contributed by atoms with Gasteiger partial charge in [-0.05, 0) is 26.0 Å². The summed E-state index contributed by atoms with van der Waals surface area (Å²) in [4.78, 5) is 23.1. The summed E-state index contributed by atoms with van der Waals surface area (Å²) in [5.41, 5.74) is 0. The minimum Gasteiger partial charge on any atom is -0.486 e. The molecular weight excluding hydrogens is 286 g/mol. The van der Waals surface area contributed by atoms with Crippen molar-refractivity contribution in [3.8, 4) is 11.5 Å². The van der Waals surface area contributed by atoms with Crippen LogP contribution in [0.1, 0.15) is 13.8 Å². The van der Waals surface area contributed by atoms with Crippen LogP contribution >= 0.6 is 0 Å². The van der Waals surface area contributed by atoms with E-state index in [-0.39, 0.29) is 12.0 Å². The fourth-order valence-corrected chi connectivity index (χ4v) is 1.99. The van der Waals surface area contributed by atoms with Gasteiger partial charge < -0.3 is 20.1 Å². The summed E-state index contributed by atoms with van der Waals surface area (Å²) in [6.07, 6.45) is -0.186. The number of hydrogen-bond acceptors (Lipinski definition) is 5. The van der Waals surface area contributed by atoms with Crippen molar-refractivity contribution in [1.82, 2.24) is 16.0 Å². The van der Waals surface area contributed by atoms with Crippen LogP contribution in [0.3, 0.4) is 0 Å². The minimum atomic E-state index is -0.511. The lowest BCUT2D eigenvalue weighted by Gasteiger charge is -2.27. The number of hydrogen-bond donors (Lipinski definition) is 3. The van der Waals surface area contributed by atoms with Gasteiger partial charge in [-0.1, -0.05) is 12.1 Å². The third-order valence-electron chi connectivity index (χ3n) is 3.19. The van der Waals surface area contributed by atoms with Crippen LogP contribution < -0.4 is 25.4 Å². The Kier molecular flexibility index (Phi) is 5.60. The maximum Gasteiger partial charge on any atom is 0.321 e. The number of carbonyl (C=O) groups is 2. The van der Waals surface area contributed by atoms with Gasteiger partial charge in [0.05, 0.1) is 6.04 Å². The van der Waals surface area contributed by atoms with Gasteiger partial charge >= 0.3 is 6.03 Å². The molecule has 22 heavy (non-hydrogen) atoms. The van der Waals surface area contributed by atoms with Crippen molar-refractivity contribution in [1.29, 1.82) is 0 Å². The molecule has 0 saturated carbocycles. The van der Waals surface area contributed by atoms with Crippen molar-refractivity contribution < 1.29 is 19.1 Å². The van der Waals surface area contributed by atoms with E-state index in [1.165, 1.54) is 0 Å². The topological polar surface area (TPSA) is 88.7 Å². The van der Waals surface area contributed by atoms with Crippen LogP contribution in [-0.4, -0.2) is 43.8 Å². The zero-order chi connectivity index (χ0) is 15.9. The van der Waals surface area contributed by atoms with Crippen LogP contribution in [0, 0.1) is 0 Å². The fourth-order valence-electron chi connectivity index (χ4n) is 1.99. The van der Waals surface area contributed by atoms with E-state index in [0.717, 1.165) is 5.75 Å². The van der Waals surface area contributed by atoms with E-state index in [4.69, 9.17) is 9.47 Å². The van der Waals surface area contributed by atoms with Crippen molar-refractivity contribution in [3.05, 3.63) is 24.3 Å². The van der Waals surface area contributed by atoms with Crippen LogP contribution in [0.2, 0.25) is 0 Å². The maximum absolute atomic E-state index is 11.8. The molecule has 1 aliphatic rings. The first-order valence-corrected chi connectivity index (χ1v) is 7.30. The van der Waals surface area contributed by atoms with Crippen molar-refractivity contribution in [3.63, 3.8) is 0 Å². The molecule has 1 heterocycles. The van der Waals surface area contributed by atoms with Crippen molar-refractivity contribution in [2.75, 3.05) is 19.7 Å². The number of imide groups is 1. The van der Waals surface area contributed by atoms with Gasteiger partial charge in [0, 0.05) is 13.1 Å². The molecule has 2 rings (SSSR count). The molecule has 1 aromatic carbocycles. The van der Waals surface area contributed by atoms with E-state index in [0.29, 0.717) is 25.4 Å². The number of amides is 3. The Bertz CT molecular complexity index is 535. The molecule has 7 heteroatoms. The summed E-state index contributed by atoms with van der Waals surface area (Å²) in [5, 5.41) is 7.80. The van der Waals surface area contributed by atoms with Gasteiger partial charge in [-0.25, -0.2) is 4.79 Å². The third kappa shape index (κ3) is 4.36. The Morgan fingerprint density at radius 3 is 2.77 bits per heavy atom. The normalized spacial score (nSPS) is 17.5. The molecule has 2 atom stereocenters. The number of para-hydroxylation sites is 2. The lowest BCUT2D eigenvalue weighted by Crippen LogP contribution is -2.50. The van der Waals surface area contributed by atoms with Crippen molar-refractivity contribution >= 4 is 11.9 Å². The highest BCUT2D eigenvalue weighted by Crippen LogP contribution is 2.30. The van der Waals surface area contributed by atoms with E-state index in [2.05, 4.69) is 16.0 Å². The molecule has 0 spiro atoms. The van der Waals surface area contributed by atoms with Crippen LogP contribution in [0.15, 0.2) is 24.3 Å². The van der Waals surface area contributed by atoms with Gasteiger partial charge in [-0.3, -0.25) is 10.1 Å². The van der Waals surface area contributed by atoms with E-state index >= 15 is 0 Å². The quantitative estimate of drug-likeness (QED) is 0.743. The zero-order valence-electron chi connectivity index (χ0n) is 12.7. The molecule has 0 fully saturated rings. The minimum absolute atomic E-state index is 0.186. The highest BCUT2D eigenvalue weighted by molar-refractivity contribution is 5.96. The van der Waals surface area contributed by atoms with E-state index in [9.17, 15) is 9.59 Å². The number of nitrogens with one attached hydrogen (secondary N) is 3. The molecule has 1 aromatic rings. The Morgan fingerprint density at radius 1 is 1.32 bits per heavy atom. The second-order valence-electron chi connectivity index (χ2n) is 4.98. The smallest absolute Gasteiger partial charge is 0.321 e. The third-order valence-corrected chi connectivity index (χ3v) is 3.19. The number of fused-ring (bicyclic) bond motifs is 1. The Hall–Kier alpha value is -2.28. The summed E-state index contributed by atoms with van der Waals surface area (Å²) in [5.74, 6) is 1.03. The van der Waals surface area contributed by atoms with Gasteiger partial charge in [0.2, 0.25) is 5.91 Å².